The van der Waals surface area contributed by atoms with E-state index in [0.717, 1.165) is 91.8 Å². The molecular weight excluding hydrogens is 505 g/mol. The molecule has 1 aliphatic carbocycles. The Kier molecular flexibility index (Phi) is 6.16. The monoisotopic (exact) mass is 539 g/mol. The summed E-state index contributed by atoms with van der Waals surface area (Å²) >= 11 is 0. The Morgan fingerprint density at radius 2 is 1.97 bits per heavy atom. The number of halogens is 1. The van der Waals surface area contributed by atoms with Crippen molar-refractivity contribution in [1.82, 2.24) is 19.4 Å². The Balaban J connectivity index is 1.12. The van der Waals surface area contributed by atoms with E-state index < -0.39 is 10.8 Å². The SMILES string of the molecule is Nc1ncnc2c1c(-c1ccc(F)c(OCC34CCC(CC3)O4)c1)cn2C1CC(CN2CCS(=O)CC2)C1. The van der Waals surface area contributed by atoms with Crippen molar-refractivity contribution >= 4 is 27.7 Å². The number of aromatic nitrogens is 3. The first-order chi connectivity index (χ1) is 18.5. The van der Waals surface area contributed by atoms with E-state index in [2.05, 4.69) is 25.6 Å². The van der Waals surface area contributed by atoms with Crippen molar-refractivity contribution in [2.75, 3.05) is 43.5 Å². The number of nitrogen functional groups attached to an aromatic ring is 1. The summed E-state index contributed by atoms with van der Waals surface area (Å²) in [6.45, 7) is 3.28. The molecule has 1 saturated carbocycles. The number of nitrogens with two attached hydrogens (primary N) is 1. The minimum Gasteiger partial charge on any atom is -0.487 e. The standard InChI is InChI=1S/C28H34FN5O3S/c29-23-2-1-19(13-24(23)36-16-28-5-3-21(37-28)4-6-28)22-15-34(27-25(22)26(30)31-17-32-27)20-11-18(12-20)14-33-7-9-38(35)10-8-33/h1-2,13,15,17-18,20-21H,3-12,14,16H2,(H2,30,31,32). The minimum absolute atomic E-state index is 0.235. The zero-order chi connectivity index (χ0) is 25.9. The molecule has 2 aromatic heterocycles. The van der Waals surface area contributed by atoms with Crippen LogP contribution in [0.4, 0.5) is 10.2 Å². The van der Waals surface area contributed by atoms with Crippen molar-refractivity contribution in [2.45, 2.75) is 56.3 Å². The quantitative estimate of drug-likeness (QED) is 0.486. The second-order valence-corrected chi connectivity index (χ2v) is 13.2. The van der Waals surface area contributed by atoms with Crippen LogP contribution in [0.25, 0.3) is 22.2 Å². The Morgan fingerprint density at radius 3 is 2.71 bits per heavy atom. The topological polar surface area (TPSA) is 95.5 Å². The van der Waals surface area contributed by atoms with Crippen LogP contribution < -0.4 is 10.5 Å². The molecule has 3 aliphatic heterocycles. The van der Waals surface area contributed by atoms with E-state index in [0.29, 0.717) is 30.5 Å². The van der Waals surface area contributed by atoms with E-state index in [1.165, 1.54) is 12.4 Å². The predicted octanol–water partition coefficient (Wildman–Crippen LogP) is 3.93. The van der Waals surface area contributed by atoms with E-state index >= 15 is 0 Å². The van der Waals surface area contributed by atoms with Gasteiger partial charge in [0.25, 0.3) is 0 Å². The first-order valence-electron chi connectivity index (χ1n) is 13.8. The van der Waals surface area contributed by atoms with Gasteiger partial charge in [0, 0.05) is 59.7 Å². The average Bonchev–Trinajstić information content (AvgIpc) is 3.61. The van der Waals surface area contributed by atoms with Gasteiger partial charge in [-0.15, -0.1) is 0 Å². The van der Waals surface area contributed by atoms with E-state index in [1.54, 1.807) is 12.1 Å². The van der Waals surface area contributed by atoms with Gasteiger partial charge in [-0.05, 0) is 62.1 Å². The lowest BCUT2D eigenvalue weighted by atomic mass is 9.79. The summed E-state index contributed by atoms with van der Waals surface area (Å²) in [7, 11) is -0.647. The van der Waals surface area contributed by atoms with Gasteiger partial charge in [-0.2, -0.15) is 0 Å². The van der Waals surface area contributed by atoms with Crippen molar-refractivity contribution in [3.63, 3.8) is 0 Å². The summed E-state index contributed by atoms with van der Waals surface area (Å²) in [6.07, 6.45) is 10.1. The molecule has 7 rings (SSSR count). The molecule has 1 aromatic carbocycles. The molecule has 0 unspecified atom stereocenters. The molecule has 0 spiro atoms. The smallest absolute Gasteiger partial charge is 0.165 e. The molecule has 38 heavy (non-hydrogen) atoms. The van der Waals surface area contributed by atoms with Crippen molar-refractivity contribution in [1.29, 1.82) is 0 Å². The third-order valence-corrected chi connectivity index (χ3v) is 10.3. The van der Waals surface area contributed by atoms with Gasteiger partial charge in [-0.3, -0.25) is 4.21 Å². The Hall–Kier alpha value is -2.56. The Morgan fingerprint density at radius 1 is 1.18 bits per heavy atom. The molecule has 2 bridgehead atoms. The van der Waals surface area contributed by atoms with Crippen LogP contribution in [-0.4, -0.2) is 73.1 Å². The highest BCUT2D eigenvalue weighted by Crippen LogP contribution is 2.45. The largest absolute Gasteiger partial charge is 0.487 e. The van der Waals surface area contributed by atoms with Crippen molar-refractivity contribution in [3.05, 3.63) is 36.5 Å². The molecular formula is C28H34FN5O3S. The zero-order valence-electron chi connectivity index (χ0n) is 21.5. The molecule has 0 amide bonds. The lowest BCUT2D eigenvalue weighted by Crippen LogP contribution is -2.43. The van der Waals surface area contributed by atoms with Gasteiger partial charge in [0.05, 0.1) is 11.5 Å². The van der Waals surface area contributed by atoms with Gasteiger partial charge >= 0.3 is 0 Å². The van der Waals surface area contributed by atoms with Crippen LogP contribution in [0.15, 0.2) is 30.7 Å². The number of hydrogen-bond acceptors (Lipinski definition) is 7. The molecule has 2 N–H and O–H groups in total. The molecule has 5 heterocycles. The summed E-state index contributed by atoms with van der Waals surface area (Å²) < 4.78 is 40.9. The maximum Gasteiger partial charge on any atom is 0.165 e. The summed E-state index contributed by atoms with van der Waals surface area (Å²) in [4.78, 5) is 11.3. The fourth-order valence-corrected chi connectivity index (χ4v) is 7.91. The number of nitrogens with zero attached hydrogens (tertiary/aromatic N) is 4. The number of hydrogen-bond donors (Lipinski definition) is 1. The second kappa shape index (κ2) is 9.57. The molecule has 0 radical (unpaired) electrons. The van der Waals surface area contributed by atoms with Gasteiger partial charge in [0.2, 0.25) is 0 Å². The Labute approximate surface area is 224 Å². The number of benzene rings is 1. The van der Waals surface area contributed by atoms with Gasteiger partial charge in [-0.1, -0.05) is 6.07 Å². The van der Waals surface area contributed by atoms with Crippen LogP contribution in [0.2, 0.25) is 0 Å². The van der Waals surface area contributed by atoms with Crippen molar-refractivity contribution in [2.24, 2.45) is 5.92 Å². The first-order valence-corrected chi connectivity index (χ1v) is 15.2. The highest BCUT2D eigenvalue weighted by molar-refractivity contribution is 7.85. The lowest BCUT2D eigenvalue weighted by Gasteiger charge is -2.40. The fraction of sp³-hybridized carbons (Fsp3) is 0.571. The summed E-state index contributed by atoms with van der Waals surface area (Å²) in [5.74, 6) is 2.46. The molecule has 3 saturated heterocycles. The zero-order valence-corrected chi connectivity index (χ0v) is 22.3. The third kappa shape index (κ3) is 4.40. The van der Waals surface area contributed by atoms with E-state index in [9.17, 15) is 8.60 Å². The number of ether oxygens (including phenoxy) is 2. The molecule has 3 aromatic rings. The Bertz CT molecular complexity index is 1370. The van der Waals surface area contributed by atoms with Gasteiger partial charge < -0.3 is 24.7 Å². The van der Waals surface area contributed by atoms with E-state index in [1.807, 2.05) is 0 Å². The van der Waals surface area contributed by atoms with Crippen LogP contribution in [-0.2, 0) is 15.5 Å². The highest BCUT2D eigenvalue weighted by atomic mass is 32.2. The number of rotatable bonds is 7. The van der Waals surface area contributed by atoms with Crippen LogP contribution >= 0.6 is 0 Å². The first kappa shape index (κ1) is 24.5. The number of anilines is 1. The molecule has 0 atom stereocenters. The third-order valence-electron chi connectivity index (χ3n) is 9.02. The maximum absolute atomic E-state index is 14.8. The lowest BCUT2D eigenvalue weighted by molar-refractivity contribution is -0.0206. The van der Waals surface area contributed by atoms with E-state index in [-0.39, 0.29) is 17.2 Å². The van der Waals surface area contributed by atoms with Gasteiger partial charge in [0.1, 0.15) is 30.0 Å². The van der Waals surface area contributed by atoms with Crippen LogP contribution in [0.5, 0.6) is 5.75 Å². The normalized spacial score (nSPS) is 29.7. The fourth-order valence-electron chi connectivity index (χ4n) is 6.78. The minimum atomic E-state index is -0.647. The molecule has 202 valence electrons. The molecule has 8 nitrogen and oxygen atoms in total. The van der Waals surface area contributed by atoms with E-state index in [4.69, 9.17) is 15.2 Å². The van der Waals surface area contributed by atoms with Crippen LogP contribution in [0, 0.1) is 11.7 Å². The summed E-state index contributed by atoms with van der Waals surface area (Å²) in [6, 6.07) is 5.33. The maximum atomic E-state index is 14.8. The highest BCUT2D eigenvalue weighted by Gasteiger charge is 2.46. The molecule has 4 fully saturated rings. The number of fused-ring (bicyclic) bond motifs is 3. The average molecular weight is 540 g/mol. The van der Waals surface area contributed by atoms with Crippen LogP contribution in [0.3, 0.4) is 0 Å². The molecule has 4 aliphatic rings. The predicted molar refractivity (Wildman–Crippen MR) is 145 cm³/mol. The molecule has 10 heteroatoms. The summed E-state index contributed by atoms with van der Waals surface area (Å²) in [5, 5.41) is 0.795. The van der Waals surface area contributed by atoms with Crippen molar-refractivity contribution < 1.29 is 18.1 Å². The van der Waals surface area contributed by atoms with Gasteiger partial charge in [-0.25, -0.2) is 14.4 Å². The van der Waals surface area contributed by atoms with Gasteiger partial charge in [0.15, 0.2) is 11.6 Å². The summed E-state index contributed by atoms with van der Waals surface area (Å²) in [5.41, 5.74) is 8.62. The van der Waals surface area contributed by atoms with Crippen LogP contribution in [0.1, 0.15) is 44.6 Å². The van der Waals surface area contributed by atoms with Crippen molar-refractivity contribution in [3.8, 4) is 16.9 Å². The second-order valence-electron chi connectivity index (χ2n) is 11.5.